The van der Waals surface area contributed by atoms with Crippen LogP contribution in [-0.2, 0) is 25.5 Å². The topological polar surface area (TPSA) is 105 Å². The molecule has 0 saturated heterocycles. The summed E-state index contributed by atoms with van der Waals surface area (Å²) in [6.45, 7) is 10.8. The highest BCUT2D eigenvalue weighted by Gasteiger charge is 2.30. The molecule has 2 amide bonds. The van der Waals surface area contributed by atoms with Gasteiger partial charge in [0.15, 0.2) is 6.10 Å². The number of carbonyl (C=O) groups is 3. The number of nitrogens with zero attached hydrogens (tertiary/aromatic N) is 1. The van der Waals surface area contributed by atoms with E-state index >= 15 is 0 Å². The van der Waals surface area contributed by atoms with Crippen molar-refractivity contribution < 1.29 is 29.0 Å². The van der Waals surface area contributed by atoms with Crippen molar-refractivity contribution in [1.82, 2.24) is 10.2 Å². The number of benzene rings is 2. The number of urea groups is 1. The van der Waals surface area contributed by atoms with Gasteiger partial charge in [-0.1, -0.05) is 56.3 Å². The summed E-state index contributed by atoms with van der Waals surface area (Å²) in [6, 6.07) is 12.2. The molecule has 1 unspecified atom stereocenters. The predicted octanol–water partition coefficient (Wildman–Crippen LogP) is 3.68. The molecule has 2 rings (SSSR count). The van der Waals surface area contributed by atoms with Gasteiger partial charge in [0.25, 0.3) is 0 Å². The average Bonchev–Trinajstić information content (AvgIpc) is 2.76. The Morgan fingerprint density at radius 2 is 1.66 bits per heavy atom. The van der Waals surface area contributed by atoms with Crippen LogP contribution in [0.2, 0.25) is 0 Å². The van der Waals surface area contributed by atoms with Crippen molar-refractivity contribution in [2.24, 2.45) is 5.92 Å². The minimum absolute atomic E-state index is 0.0631. The fraction of sp³-hybridized carbons (Fsp3) is 0.519. The molecule has 2 aromatic carbocycles. The second-order valence-corrected chi connectivity index (χ2v) is 9.99. The number of aliphatic hydroxyl groups excluding tert-OH is 1. The maximum absolute atomic E-state index is 13.2. The van der Waals surface area contributed by atoms with Gasteiger partial charge in [0.1, 0.15) is 11.6 Å². The lowest BCUT2D eigenvalue weighted by Crippen LogP contribution is -2.53. The van der Waals surface area contributed by atoms with Crippen LogP contribution < -0.4 is 5.32 Å². The van der Waals surface area contributed by atoms with E-state index in [1.54, 1.807) is 27.7 Å². The van der Waals surface area contributed by atoms with E-state index in [9.17, 15) is 19.5 Å². The Morgan fingerprint density at radius 1 is 1.00 bits per heavy atom. The fourth-order valence-electron chi connectivity index (χ4n) is 3.61. The highest BCUT2D eigenvalue weighted by molar-refractivity contribution is 5.86. The van der Waals surface area contributed by atoms with Crippen molar-refractivity contribution in [3.05, 3.63) is 48.0 Å². The molecule has 0 heterocycles. The Hall–Kier alpha value is -3.13. The zero-order valence-corrected chi connectivity index (χ0v) is 21.5. The molecule has 0 aliphatic heterocycles. The van der Waals surface area contributed by atoms with E-state index in [1.165, 1.54) is 4.90 Å². The van der Waals surface area contributed by atoms with Crippen molar-refractivity contribution >= 4 is 28.7 Å². The van der Waals surface area contributed by atoms with Crippen LogP contribution in [0, 0.1) is 5.92 Å². The summed E-state index contributed by atoms with van der Waals surface area (Å²) in [5.74, 6) is -1.29. The summed E-state index contributed by atoms with van der Waals surface area (Å²) in [6.07, 6.45) is -1.28. The SMILES string of the molecule is CCOC(=O)[C@H](Cc1ccc2ccccc2c1)NC(=O)N(CC(C)C)CC(O)C(=O)OC(C)(C)C. The zero-order chi connectivity index (χ0) is 26.2. The summed E-state index contributed by atoms with van der Waals surface area (Å²) < 4.78 is 10.4. The minimum atomic E-state index is -1.51. The Balaban J connectivity index is 2.19. The summed E-state index contributed by atoms with van der Waals surface area (Å²) in [5, 5.41) is 15.2. The first kappa shape index (κ1) is 28.1. The molecule has 35 heavy (non-hydrogen) atoms. The molecule has 0 radical (unpaired) electrons. The number of fused-ring (bicyclic) bond motifs is 1. The van der Waals surface area contributed by atoms with E-state index in [4.69, 9.17) is 9.47 Å². The number of ether oxygens (including phenoxy) is 2. The quantitative estimate of drug-likeness (QED) is 0.497. The van der Waals surface area contributed by atoms with Crippen LogP contribution in [0.15, 0.2) is 42.5 Å². The Kier molecular flexibility index (Phi) is 10.1. The summed E-state index contributed by atoms with van der Waals surface area (Å²) >= 11 is 0. The number of carbonyl (C=O) groups excluding carboxylic acids is 3. The smallest absolute Gasteiger partial charge is 0.337 e. The van der Waals surface area contributed by atoms with E-state index in [0.717, 1.165) is 16.3 Å². The molecule has 8 nitrogen and oxygen atoms in total. The maximum Gasteiger partial charge on any atom is 0.337 e. The molecular formula is C27H38N2O6. The number of hydrogen-bond acceptors (Lipinski definition) is 6. The van der Waals surface area contributed by atoms with E-state index in [2.05, 4.69) is 5.32 Å². The number of rotatable bonds is 10. The Bertz CT molecular complexity index is 1010. The van der Waals surface area contributed by atoms with Gasteiger partial charge in [-0.15, -0.1) is 0 Å². The first-order valence-electron chi connectivity index (χ1n) is 12.0. The summed E-state index contributed by atoms with van der Waals surface area (Å²) in [4.78, 5) is 39.5. The lowest BCUT2D eigenvalue weighted by Gasteiger charge is -2.29. The molecule has 2 aromatic rings. The second kappa shape index (κ2) is 12.5. The van der Waals surface area contributed by atoms with E-state index in [1.807, 2.05) is 56.3 Å². The highest BCUT2D eigenvalue weighted by atomic mass is 16.6. The van der Waals surface area contributed by atoms with Crippen LogP contribution in [0.4, 0.5) is 4.79 Å². The van der Waals surface area contributed by atoms with Gasteiger partial charge in [-0.05, 0) is 49.9 Å². The number of hydrogen-bond donors (Lipinski definition) is 2. The van der Waals surface area contributed by atoms with Crippen LogP contribution in [0.25, 0.3) is 10.8 Å². The minimum Gasteiger partial charge on any atom is -0.464 e. The van der Waals surface area contributed by atoms with Gasteiger partial charge in [-0.25, -0.2) is 14.4 Å². The van der Waals surface area contributed by atoms with Gasteiger partial charge in [0.2, 0.25) is 0 Å². The summed E-state index contributed by atoms with van der Waals surface area (Å²) in [5.41, 5.74) is 0.101. The third-order valence-corrected chi connectivity index (χ3v) is 5.07. The van der Waals surface area contributed by atoms with Gasteiger partial charge in [0.05, 0.1) is 13.2 Å². The molecule has 0 aliphatic rings. The van der Waals surface area contributed by atoms with Crippen molar-refractivity contribution in [2.75, 3.05) is 19.7 Å². The highest BCUT2D eigenvalue weighted by Crippen LogP contribution is 2.17. The third-order valence-electron chi connectivity index (χ3n) is 5.07. The number of aliphatic hydroxyl groups is 1. The molecule has 2 N–H and O–H groups in total. The van der Waals surface area contributed by atoms with Crippen molar-refractivity contribution in [1.29, 1.82) is 0 Å². The van der Waals surface area contributed by atoms with E-state index in [0.29, 0.717) is 0 Å². The van der Waals surface area contributed by atoms with Crippen LogP contribution in [-0.4, -0.2) is 65.4 Å². The van der Waals surface area contributed by atoms with E-state index < -0.39 is 35.7 Å². The molecule has 0 fully saturated rings. The molecule has 0 saturated carbocycles. The van der Waals surface area contributed by atoms with Gasteiger partial charge in [0, 0.05) is 13.0 Å². The van der Waals surface area contributed by atoms with Crippen molar-refractivity contribution in [3.8, 4) is 0 Å². The largest absolute Gasteiger partial charge is 0.464 e. The monoisotopic (exact) mass is 486 g/mol. The molecule has 8 heteroatoms. The molecule has 0 spiro atoms. The predicted molar refractivity (Wildman–Crippen MR) is 135 cm³/mol. The second-order valence-electron chi connectivity index (χ2n) is 9.99. The maximum atomic E-state index is 13.2. The molecule has 0 aromatic heterocycles. The van der Waals surface area contributed by atoms with Crippen LogP contribution in [0.5, 0.6) is 0 Å². The van der Waals surface area contributed by atoms with Crippen molar-refractivity contribution in [2.45, 2.75) is 65.7 Å². The van der Waals surface area contributed by atoms with E-state index in [-0.39, 0.29) is 32.0 Å². The standard InChI is InChI=1S/C27H38N2O6/c1-7-34-24(31)22(15-19-12-13-20-10-8-9-11-21(20)14-19)28-26(33)29(16-18(2)3)17-23(30)25(32)35-27(4,5)6/h8-14,18,22-23,30H,7,15-17H2,1-6H3,(H,28,33)/t22-,23?/m0/s1. The third kappa shape index (κ3) is 9.20. The lowest BCUT2D eigenvalue weighted by atomic mass is 10.0. The molecule has 2 atom stereocenters. The van der Waals surface area contributed by atoms with Crippen LogP contribution in [0.3, 0.4) is 0 Å². The number of esters is 2. The average molecular weight is 487 g/mol. The zero-order valence-electron chi connectivity index (χ0n) is 21.5. The van der Waals surface area contributed by atoms with Crippen molar-refractivity contribution in [3.63, 3.8) is 0 Å². The number of nitrogens with one attached hydrogen (secondary N) is 1. The lowest BCUT2D eigenvalue weighted by molar-refractivity contribution is -0.165. The van der Waals surface area contributed by atoms with Gasteiger partial charge in [-0.2, -0.15) is 0 Å². The van der Waals surface area contributed by atoms with Gasteiger partial charge in [-0.3, -0.25) is 0 Å². The Labute approximate surface area is 207 Å². The van der Waals surface area contributed by atoms with Crippen LogP contribution >= 0.6 is 0 Å². The molecule has 192 valence electrons. The fourth-order valence-corrected chi connectivity index (χ4v) is 3.61. The molecule has 0 aliphatic carbocycles. The number of amides is 2. The Morgan fingerprint density at radius 3 is 2.26 bits per heavy atom. The first-order chi connectivity index (χ1) is 16.4. The molecule has 0 bridgehead atoms. The van der Waals surface area contributed by atoms with Crippen LogP contribution in [0.1, 0.15) is 47.1 Å². The summed E-state index contributed by atoms with van der Waals surface area (Å²) in [7, 11) is 0. The van der Waals surface area contributed by atoms with Gasteiger partial charge < -0.3 is 24.8 Å². The normalized spacial score (nSPS) is 13.3. The van der Waals surface area contributed by atoms with Gasteiger partial charge >= 0.3 is 18.0 Å². The molecular weight excluding hydrogens is 448 g/mol. The first-order valence-corrected chi connectivity index (χ1v) is 12.0.